The van der Waals surface area contributed by atoms with Crippen molar-refractivity contribution in [2.45, 2.75) is 11.4 Å². The minimum absolute atomic E-state index is 0.0353. The van der Waals surface area contributed by atoms with Crippen LogP contribution >= 0.6 is 62.3 Å². The van der Waals surface area contributed by atoms with Gasteiger partial charge in [-0.15, -0.1) is 0 Å². The topological polar surface area (TPSA) is 66.5 Å². The third kappa shape index (κ3) is 6.17. The molecule has 32 heavy (non-hydrogen) atoms. The van der Waals surface area contributed by atoms with Crippen LogP contribution in [-0.2, 0) is 21.4 Å². The molecule has 168 valence electrons. The Balaban J connectivity index is 1.92. The first-order chi connectivity index (χ1) is 15.1. The van der Waals surface area contributed by atoms with Gasteiger partial charge in [0.05, 0.1) is 32.2 Å². The molecule has 0 saturated carbocycles. The second-order valence-corrected chi connectivity index (χ2v) is 11.1. The summed E-state index contributed by atoms with van der Waals surface area (Å²) in [5.41, 5.74) is 0.764. The monoisotopic (exact) mass is 594 g/mol. The minimum atomic E-state index is -4.03. The Bertz CT molecular complexity index is 1250. The molecular formula is C21H15BrCl4N2O3S. The predicted octanol–water partition coefficient (Wildman–Crippen LogP) is 6.89. The van der Waals surface area contributed by atoms with Crippen molar-refractivity contribution >= 4 is 84.0 Å². The molecule has 0 aliphatic heterocycles. The van der Waals surface area contributed by atoms with Gasteiger partial charge in [0.1, 0.15) is 0 Å². The smallest absolute Gasteiger partial charge is 0.243 e. The van der Waals surface area contributed by atoms with Crippen molar-refractivity contribution in [3.05, 3.63) is 90.8 Å². The molecule has 5 nitrogen and oxygen atoms in total. The number of carbonyl (C=O) groups is 1. The Hall–Kier alpha value is -1.32. The number of nitrogens with one attached hydrogen (secondary N) is 1. The zero-order valence-corrected chi connectivity index (χ0v) is 21.6. The molecule has 0 atom stereocenters. The lowest BCUT2D eigenvalue weighted by Gasteiger charge is -2.23. The van der Waals surface area contributed by atoms with Gasteiger partial charge in [-0.2, -0.15) is 4.31 Å². The summed E-state index contributed by atoms with van der Waals surface area (Å²) < 4.78 is 28.4. The largest absolute Gasteiger partial charge is 0.324 e. The number of hydrogen-bond donors (Lipinski definition) is 1. The molecule has 0 aromatic heterocycles. The molecule has 0 spiro atoms. The van der Waals surface area contributed by atoms with E-state index in [0.29, 0.717) is 10.6 Å². The maximum absolute atomic E-state index is 13.3. The van der Waals surface area contributed by atoms with Crippen LogP contribution in [0.4, 0.5) is 5.69 Å². The van der Waals surface area contributed by atoms with E-state index in [1.165, 1.54) is 24.3 Å². The second kappa shape index (κ2) is 10.7. The van der Waals surface area contributed by atoms with Crippen LogP contribution < -0.4 is 5.32 Å². The van der Waals surface area contributed by atoms with Crippen LogP contribution in [0.2, 0.25) is 20.1 Å². The van der Waals surface area contributed by atoms with Crippen LogP contribution in [0.15, 0.2) is 70.0 Å². The van der Waals surface area contributed by atoms with Gasteiger partial charge in [0.2, 0.25) is 15.9 Å². The number of carbonyl (C=O) groups excluding carboxylic acids is 1. The van der Waals surface area contributed by atoms with Crippen molar-refractivity contribution in [1.82, 2.24) is 4.31 Å². The number of benzene rings is 3. The highest BCUT2D eigenvalue weighted by atomic mass is 79.9. The third-order valence-electron chi connectivity index (χ3n) is 4.36. The first-order valence-electron chi connectivity index (χ1n) is 9.01. The molecule has 0 radical (unpaired) electrons. The molecule has 1 N–H and O–H groups in total. The van der Waals surface area contributed by atoms with E-state index in [4.69, 9.17) is 46.4 Å². The summed E-state index contributed by atoms with van der Waals surface area (Å²) in [7, 11) is -4.03. The number of halogens is 5. The van der Waals surface area contributed by atoms with Crippen LogP contribution in [0.25, 0.3) is 0 Å². The molecule has 0 unspecified atom stereocenters. The first-order valence-corrected chi connectivity index (χ1v) is 12.8. The Morgan fingerprint density at radius 1 is 0.875 bits per heavy atom. The summed E-state index contributed by atoms with van der Waals surface area (Å²) in [4.78, 5) is 12.8. The molecule has 0 heterocycles. The average Bonchev–Trinajstić information content (AvgIpc) is 2.73. The molecular weight excluding hydrogens is 582 g/mol. The first kappa shape index (κ1) is 25.3. The number of rotatable bonds is 7. The lowest BCUT2D eigenvalue weighted by Crippen LogP contribution is -2.37. The van der Waals surface area contributed by atoms with Gasteiger partial charge in [-0.1, -0.05) is 80.5 Å². The average molecular weight is 597 g/mol. The zero-order valence-electron chi connectivity index (χ0n) is 16.2. The predicted molar refractivity (Wildman–Crippen MR) is 133 cm³/mol. The SMILES string of the molecule is O=C(CN(Cc1ccccc1Cl)S(=O)(=O)c1ccc(Br)cc1)Nc1cc(Cl)c(Cl)cc1Cl. The second-order valence-electron chi connectivity index (χ2n) is 6.61. The van der Waals surface area contributed by atoms with Crippen molar-refractivity contribution in [3.63, 3.8) is 0 Å². The number of amides is 1. The third-order valence-corrected chi connectivity index (χ3v) is 8.10. The van der Waals surface area contributed by atoms with Crippen LogP contribution in [0.5, 0.6) is 0 Å². The Kier molecular flexibility index (Phi) is 8.49. The molecule has 3 aromatic carbocycles. The maximum Gasteiger partial charge on any atom is 0.243 e. The lowest BCUT2D eigenvalue weighted by molar-refractivity contribution is -0.116. The maximum atomic E-state index is 13.3. The van der Waals surface area contributed by atoms with Crippen molar-refractivity contribution < 1.29 is 13.2 Å². The molecule has 1 amide bonds. The fraction of sp³-hybridized carbons (Fsp3) is 0.0952. The number of hydrogen-bond acceptors (Lipinski definition) is 3. The fourth-order valence-corrected chi connectivity index (χ4v) is 5.19. The minimum Gasteiger partial charge on any atom is -0.324 e. The standard InChI is InChI=1S/C21H15BrCl4N2O3S/c22-14-5-7-15(8-6-14)32(30,31)28(11-13-3-1-2-4-16(13)23)12-21(29)27-20-10-18(25)17(24)9-19(20)26/h1-10H,11-12H2,(H,27,29). The highest BCUT2D eigenvalue weighted by Crippen LogP contribution is 2.32. The molecule has 0 bridgehead atoms. The molecule has 0 saturated heterocycles. The Labute approximate surface area is 214 Å². The molecule has 0 fully saturated rings. The summed E-state index contributed by atoms with van der Waals surface area (Å²) in [5, 5.41) is 3.56. The highest BCUT2D eigenvalue weighted by Gasteiger charge is 2.28. The Morgan fingerprint density at radius 2 is 1.50 bits per heavy atom. The molecule has 3 rings (SSSR count). The number of sulfonamides is 1. The van der Waals surface area contributed by atoms with E-state index in [2.05, 4.69) is 21.2 Å². The van der Waals surface area contributed by atoms with Gasteiger partial charge in [-0.05, 0) is 48.0 Å². The van der Waals surface area contributed by atoms with E-state index in [9.17, 15) is 13.2 Å². The Morgan fingerprint density at radius 3 is 2.16 bits per heavy atom. The van der Waals surface area contributed by atoms with Gasteiger partial charge in [-0.3, -0.25) is 4.79 Å². The van der Waals surface area contributed by atoms with Crippen LogP contribution in [0.3, 0.4) is 0 Å². The molecule has 0 aliphatic rings. The van der Waals surface area contributed by atoms with Crippen LogP contribution in [0.1, 0.15) is 5.56 Å². The van der Waals surface area contributed by atoms with E-state index < -0.39 is 22.5 Å². The molecule has 0 aliphatic carbocycles. The summed E-state index contributed by atoms with van der Waals surface area (Å²) in [5.74, 6) is -0.613. The van der Waals surface area contributed by atoms with Crippen molar-refractivity contribution in [3.8, 4) is 0 Å². The van der Waals surface area contributed by atoms with Crippen molar-refractivity contribution in [2.75, 3.05) is 11.9 Å². The van der Waals surface area contributed by atoms with Crippen molar-refractivity contribution in [1.29, 1.82) is 0 Å². The number of nitrogens with zero attached hydrogens (tertiary/aromatic N) is 1. The van der Waals surface area contributed by atoms with Gasteiger partial charge in [0, 0.05) is 16.0 Å². The van der Waals surface area contributed by atoms with E-state index in [1.54, 1.807) is 36.4 Å². The summed E-state index contributed by atoms with van der Waals surface area (Å²) in [6, 6.07) is 15.7. The highest BCUT2D eigenvalue weighted by molar-refractivity contribution is 9.10. The van der Waals surface area contributed by atoms with E-state index in [-0.39, 0.29) is 32.2 Å². The number of anilines is 1. The van der Waals surface area contributed by atoms with Crippen LogP contribution in [0, 0.1) is 0 Å². The van der Waals surface area contributed by atoms with Gasteiger partial charge >= 0.3 is 0 Å². The summed E-state index contributed by atoms with van der Waals surface area (Å²) in [6.45, 7) is -0.596. The summed E-state index contributed by atoms with van der Waals surface area (Å²) >= 11 is 27.6. The normalized spacial score (nSPS) is 11.6. The molecule has 11 heteroatoms. The van der Waals surface area contributed by atoms with E-state index in [1.807, 2.05) is 0 Å². The fourth-order valence-electron chi connectivity index (χ4n) is 2.77. The zero-order chi connectivity index (χ0) is 23.5. The van der Waals surface area contributed by atoms with E-state index >= 15 is 0 Å². The van der Waals surface area contributed by atoms with Gasteiger partial charge < -0.3 is 5.32 Å². The van der Waals surface area contributed by atoms with Gasteiger partial charge in [-0.25, -0.2) is 8.42 Å². The van der Waals surface area contributed by atoms with E-state index in [0.717, 1.165) is 8.78 Å². The summed E-state index contributed by atoms with van der Waals surface area (Å²) in [6.07, 6.45) is 0. The van der Waals surface area contributed by atoms with Gasteiger partial charge in [0.15, 0.2) is 0 Å². The van der Waals surface area contributed by atoms with Gasteiger partial charge in [0.25, 0.3) is 0 Å². The quantitative estimate of drug-likeness (QED) is 0.302. The lowest BCUT2D eigenvalue weighted by atomic mass is 10.2. The van der Waals surface area contributed by atoms with Crippen LogP contribution in [-0.4, -0.2) is 25.2 Å². The molecule has 3 aromatic rings. The van der Waals surface area contributed by atoms with Crippen molar-refractivity contribution in [2.24, 2.45) is 0 Å².